The average Bonchev–Trinajstić information content (AvgIpc) is 2.96. The Hall–Kier alpha value is -2.82. The number of imidazole rings is 1. The highest BCUT2D eigenvalue weighted by molar-refractivity contribution is 5.85. The van der Waals surface area contributed by atoms with Crippen molar-refractivity contribution >= 4 is 11.9 Å². The Morgan fingerprint density at radius 1 is 1.14 bits per heavy atom. The third-order valence-electron chi connectivity index (χ3n) is 3.53. The largest absolute Gasteiger partial charge is 0.497 e. The Morgan fingerprint density at radius 3 is 2.64 bits per heavy atom. The van der Waals surface area contributed by atoms with E-state index < -0.39 is 0 Å². The molecule has 0 spiro atoms. The lowest BCUT2D eigenvalue weighted by Crippen LogP contribution is -1.91. The van der Waals surface area contributed by atoms with Crippen molar-refractivity contribution in [1.29, 1.82) is 0 Å². The number of ether oxygens (including phenoxy) is 2. The predicted molar refractivity (Wildman–Crippen MR) is 83.9 cm³/mol. The summed E-state index contributed by atoms with van der Waals surface area (Å²) in [6.07, 6.45) is 4.65. The third-order valence-corrected chi connectivity index (χ3v) is 3.53. The van der Waals surface area contributed by atoms with Crippen LogP contribution >= 0.6 is 0 Å². The normalized spacial score (nSPS) is 10.7. The molecule has 0 saturated carbocycles. The van der Waals surface area contributed by atoms with Crippen LogP contribution in [0.25, 0.3) is 16.9 Å². The van der Waals surface area contributed by atoms with Gasteiger partial charge in [-0.1, -0.05) is 0 Å². The van der Waals surface area contributed by atoms with Crippen LogP contribution < -0.4 is 9.47 Å². The van der Waals surface area contributed by atoms with Crippen LogP contribution in [0.15, 0.2) is 36.7 Å². The zero-order chi connectivity index (χ0) is 15.7. The van der Waals surface area contributed by atoms with E-state index in [1.807, 2.05) is 48.0 Å². The lowest BCUT2D eigenvalue weighted by molar-refractivity contribution is 0.112. The number of aryl methyl sites for hydroxylation is 1. The molecule has 0 aliphatic rings. The second kappa shape index (κ2) is 5.52. The lowest BCUT2D eigenvalue weighted by Gasteiger charge is -2.08. The van der Waals surface area contributed by atoms with Gasteiger partial charge in [0.1, 0.15) is 17.1 Å². The number of carbonyl (C=O) groups is 1. The summed E-state index contributed by atoms with van der Waals surface area (Å²) in [6, 6.07) is 7.39. The Kier molecular flexibility index (Phi) is 3.55. The molecule has 1 aromatic carbocycles. The van der Waals surface area contributed by atoms with Gasteiger partial charge in [0.25, 0.3) is 0 Å². The van der Waals surface area contributed by atoms with E-state index in [0.29, 0.717) is 22.7 Å². The van der Waals surface area contributed by atoms with Gasteiger partial charge in [-0.3, -0.25) is 4.79 Å². The molecule has 22 heavy (non-hydrogen) atoms. The summed E-state index contributed by atoms with van der Waals surface area (Å²) in [7, 11) is 3.22. The highest BCUT2D eigenvalue weighted by Crippen LogP contribution is 2.33. The molecule has 0 amide bonds. The van der Waals surface area contributed by atoms with Gasteiger partial charge >= 0.3 is 0 Å². The number of aromatic nitrogens is 2. The Labute approximate surface area is 128 Å². The van der Waals surface area contributed by atoms with Crippen molar-refractivity contribution in [3.8, 4) is 22.8 Å². The summed E-state index contributed by atoms with van der Waals surface area (Å²) in [5.74, 6) is 1.39. The molecule has 5 nitrogen and oxygen atoms in total. The number of benzene rings is 1. The molecule has 112 valence electrons. The molecule has 0 bridgehead atoms. The highest BCUT2D eigenvalue weighted by atomic mass is 16.5. The standard InChI is InChI=1S/C17H16N2O3/c1-11-6-12(10-20)17-18-15(9-19(17)8-11)14-5-4-13(21-2)7-16(14)22-3/h4-10H,1-3H3. The third kappa shape index (κ3) is 2.30. The quantitative estimate of drug-likeness (QED) is 0.694. The second-order valence-electron chi connectivity index (χ2n) is 5.01. The molecule has 0 aliphatic carbocycles. The first-order valence-corrected chi connectivity index (χ1v) is 6.83. The van der Waals surface area contributed by atoms with Crippen LogP contribution in [-0.2, 0) is 0 Å². The van der Waals surface area contributed by atoms with Gasteiger partial charge in [-0.05, 0) is 30.7 Å². The number of rotatable bonds is 4. The van der Waals surface area contributed by atoms with Crippen molar-refractivity contribution in [2.24, 2.45) is 0 Å². The Bertz CT molecular complexity index is 852. The van der Waals surface area contributed by atoms with Gasteiger partial charge in [0.05, 0.1) is 25.5 Å². The Morgan fingerprint density at radius 2 is 1.95 bits per heavy atom. The first kappa shape index (κ1) is 14.1. The van der Waals surface area contributed by atoms with Gasteiger partial charge in [0.15, 0.2) is 6.29 Å². The van der Waals surface area contributed by atoms with Crippen LogP contribution in [0, 0.1) is 6.92 Å². The van der Waals surface area contributed by atoms with Gasteiger partial charge in [0.2, 0.25) is 0 Å². The number of aldehydes is 1. The van der Waals surface area contributed by atoms with Gasteiger partial charge in [-0.15, -0.1) is 0 Å². The molecule has 0 atom stereocenters. The van der Waals surface area contributed by atoms with E-state index in [4.69, 9.17) is 9.47 Å². The molecule has 3 aromatic rings. The molecule has 0 fully saturated rings. The van der Waals surface area contributed by atoms with Crippen LogP contribution in [0.5, 0.6) is 11.5 Å². The van der Waals surface area contributed by atoms with Crippen molar-refractivity contribution < 1.29 is 14.3 Å². The fraction of sp³-hybridized carbons (Fsp3) is 0.176. The zero-order valence-corrected chi connectivity index (χ0v) is 12.7. The number of nitrogens with zero attached hydrogens (tertiary/aromatic N) is 2. The van der Waals surface area contributed by atoms with Crippen LogP contribution in [-0.4, -0.2) is 29.9 Å². The minimum absolute atomic E-state index is 0.568. The van der Waals surface area contributed by atoms with Crippen molar-refractivity contribution in [2.75, 3.05) is 14.2 Å². The number of pyridine rings is 1. The lowest BCUT2D eigenvalue weighted by atomic mass is 10.1. The predicted octanol–water partition coefficient (Wildman–Crippen LogP) is 3.14. The fourth-order valence-electron chi connectivity index (χ4n) is 2.50. The average molecular weight is 296 g/mol. The molecule has 5 heteroatoms. The molecular weight excluding hydrogens is 280 g/mol. The Balaban J connectivity index is 2.20. The molecule has 3 rings (SSSR count). The van der Waals surface area contributed by atoms with E-state index in [9.17, 15) is 4.79 Å². The van der Waals surface area contributed by atoms with Crippen molar-refractivity contribution in [2.45, 2.75) is 6.92 Å². The number of methoxy groups -OCH3 is 2. The van der Waals surface area contributed by atoms with Crippen molar-refractivity contribution in [3.05, 3.63) is 47.8 Å². The van der Waals surface area contributed by atoms with Crippen LogP contribution in [0.4, 0.5) is 0 Å². The second-order valence-corrected chi connectivity index (χ2v) is 5.01. The number of hydrogen-bond donors (Lipinski definition) is 0. The maximum Gasteiger partial charge on any atom is 0.153 e. The summed E-state index contributed by atoms with van der Waals surface area (Å²) in [5.41, 5.74) is 3.79. The van der Waals surface area contributed by atoms with Crippen molar-refractivity contribution in [1.82, 2.24) is 9.38 Å². The van der Waals surface area contributed by atoms with Crippen LogP contribution in [0.2, 0.25) is 0 Å². The molecule has 0 unspecified atom stereocenters. The van der Waals surface area contributed by atoms with E-state index >= 15 is 0 Å². The number of carbonyl (C=O) groups excluding carboxylic acids is 1. The minimum Gasteiger partial charge on any atom is -0.497 e. The molecular formula is C17H16N2O3. The van der Waals surface area contributed by atoms with E-state index in [0.717, 1.165) is 23.1 Å². The van der Waals surface area contributed by atoms with Gasteiger partial charge in [-0.25, -0.2) is 4.98 Å². The van der Waals surface area contributed by atoms with Crippen LogP contribution in [0.3, 0.4) is 0 Å². The molecule has 0 radical (unpaired) electrons. The van der Waals surface area contributed by atoms with E-state index in [1.54, 1.807) is 14.2 Å². The maximum absolute atomic E-state index is 11.2. The molecule has 0 saturated heterocycles. The summed E-state index contributed by atoms with van der Waals surface area (Å²) < 4.78 is 12.5. The molecule has 2 aromatic heterocycles. The summed E-state index contributed by atoms with van der Waals surface area (Å²) in [6.45, 7) is 1.94. The highest BCUT2D eigenvalue weighted by Gasteiger charge is 2.13. The van der Waals surface area contributed by atoms with Gasteiger partial charge < -0.3 is 13.9 Å². The molecule has 0 N–H and O–H groups in total. The van der Waals surface area contributed by atoms with Crippen LogP contribution in [0.1, 0.15) is 15.9 Å². The smallest absolute Gasteiger partial charge is 0.153 e. The van der Waals surface area contributed by atoms with Crippen molar-refractivity contribution in [3.63, 3.8) is 0 Å². The fourth-order valence-corrected chi connectivity index (χ4v) is 2.50. The first-order chi connectivity index (χ1) is 10.7. The summed E-state index contributed by atoms with van der Waals surface area (Å²) in [5, 5.41) is 0. The molecule has 0 aliphatic heterocycles. The van der Waals surface area contributed by atoms with E-state index in [-0.39, 0.29) is 0 Å². The zero-order valence-electron chi connectivity index (χ0n) is 12.7. The minimum atomic E-state index is 0.568. The molecule has 2 heterocycles. The van der Waals surface area contributed by atoms with Gasteiger partial charge in [0, 0.05) is 24.0 Å². The number of hydrogen-bond acceptors (Lipinski definition) is 4. The van der Waals surface area contributed by atoms with Gasteiger partial charge in [-0.2, -0.15) is 0 Å². The van der Waals surface area contributed by atoms with E-state index in [2.05, 4.69) is 4.98 Å². The van der Waals surface area contributed by atoms with E-state index in [1.165, 1.54) is 0 Å². The summed E-state index contributed by atoms with van der Waals surface area (Å²) >= 11 is 0. The number of fused-ring (bicyclic) bond motifs is 1. The monoisotopic (exact) mass is 296 g/mol. The summed E-state index contributed by atoms with van der Waals surface area (Å²) in [4.78, 5) is 15.8. The first-order valence-electron chi connectivity index (χ1n) is 6.83. The maximum atomic E-state index is 11.2. The SMILES string of the molecule is COc1ccc(-c2cn3cc(C)cc(C=O)c3n2)c(OC)c1. The topological polar surface area (TPSA) is 52.8 Å².